The molecule has 4 nitrogen and oxygen atoms in total. The Hall–Kier alpha value is -2.95. The topological polar surface area (TPSA) is 53.2 Å². The molecule has 1 N–H and O–H groups in total. The monoisotopic (exact) mass is 364 g/mol. The van der Waals surface area contributed by atoms with Crippen molar-refractivity contribution in [3.63, 3.8) is 0 Å². The van der Waals surface area contributed by atoms with Crippen LogP contribution in [0.2, 0.25) is 0 Å². The first-order valence-electron chi connectivity index (χ1n) is 9.20. The van der Waals surface area contributed by atoms with E-state index in [0.29, 0.717) is 23.4 Å². The fraction of sp³-hybridized carbons (Fsp3) is 0.273. The van der Waals surface area contributed by atoms with Crippen LogP contribution in [-0.2, 0) is 6.42 Å². The average Bonchev–Trinajstić information content (AvgIpc) is 3.03. The molecule has 1 saturated heterocycles. The van der Waals surface area contributed by atoms with Crippen LogP contribution in [0, 0.1) is 11.7 Å². The van der Waals surface area contributed by atoms with Crippen LogP contribution in [0.3, 0.4) is 0 Å². The van der Waals surface area contributed by atoms with Crippen LogP contribution in [0.15, 0.2) is 59.4 Å². The molecule has 1 aromatic heterocycles. The molecule has 2 aromatic carbocycles. The van der Waals surface area contributed by atoms with E-state index in [1.54, 1.807) is 12.1 Å². The number of halogens is 1. The summed E-state index contributed by atoms with van der Waals surface area (Å²) in [5, 5.41) is 0.519. The smallest absolute Gasteiger partial charge is 0.254 e. The second-order valence-electron chi connectivity index (χ2n) is 7.22. The third kappa shape index (κ3) is 3.37. The Labute approximate surface area is 156 Å². The zero-order valence-electron chi connectivity index (χ0n) is 15.1. The minimum absolute atomic E-state index is 0.0899. The number of fused-ring (bicyclic) bond motifs is 1. The molecule has 27 heavy (non-hydrogen) atoms. The summed E-state index contributed by atoms with van der Waals surface area (Å²) in [6.45, 7) is 2.73. The van der Waals surface area contributed by atoms with Crippen LogP contribution in [-0.4, -0.2) is 28.4 Å². The highest BCUT2D eigenvalue weighted by Crippen LogP contribution is 2.29. The summed E-state index contributed by atoms with van der Waals surface area (Å²) in [6.07, 6.45) is 1.87. The third-order valence-electron chi connectivity index (χ3n) is 5.55. The minimum Gasteiger partial charge on any atom is -0.336 e. The third-order valence-corrected chi connectivity index (χ3v) is 5.55. The van der Waals surface area contributed by atoms with Gasteiger partial charge in [0, 0.05) is 29.6 Å². The zero-order chi connectivity index (χ0) is 19.0. The van der Waals surface area contributed by atoms with Gasteiger partial charge in [-0.3, -0.25) is 9.59 Å². The predicted octanol–water partition coefficient (Wildman–Crippen LogP) is 3.76. The first kappa shape index (κ1) is 17.5. The molecular formula is C22H21FN2O2. The number of aromatic amines is 1. The Balaban J connectivity index is 1.57. The molecule has 0 spiro atoms. The molecule has 1 aliphatic rings. The molecule has 2 unspecified atom stereocenters. The van der Waals surface area contributed by atoms with Gasteiger partial charge >= 0.3 is 0 Å². The summed E-state index contributed by atoms with van der Waals surface area (Å²) in [7, 11) is 0. The summed E-state index contributed by atoms with van der Waals surface area (Å²) in [5.74, 6) is -0.357. The van der Waals surface area contributed by atoms with Gasteiger partial charge in [-0.05, 0) is 49.4 Å². The zero-order valence-corrected chi connectivity index (χ0v) is 15.1. The quantitative estimate of drug-likeness (QED) is 0.769. The molecule has 1 aliphatic heterocycles. The lowest BCUT2D eigenvalue weighted by Gasteiger charge is -2.25. The number of aromatic nitrogens is 1. The number of nitrogens with one attached hydrogen (secondary N) is 1. The Bertz CT molecular complexity index is 1050. The van der Waals surface area contributed by atoms with E-state index in [1.807, 2.05) is 23.1 Å². The van der Waals surface area contributed by atoms with Crippen molar-refractivity contribution in [3.8, 4) is 0 Å². The lowest BCUT2D eigenvalue weighted by Crippen LogP contribution is -2.36. The molecule has 0 aliphatic carbocycles. The highest BCUT2D eigenvalue weighted by Gasteiger charge is 2.34. The molecule has 2 heterocycles. The number of carbonyl (C=O) groups excluding carboxylic acids is 1. The number of hydrogen-bond donors (Lipinski definition) is 1. The molecule has 2 atom stereocenters. The number of rotatable bonds is 3. The van der Waals surface area contributed by atoms with Crippen molar-refractivity contribution in [3.05, 3.63) is 81.9 Å². The van der Waals surface area contributed by atoms with Gasteiger partial charge in [-0.15, -0.1) is 0 Å². The van der Waals surface area contributed by atoms with E-state index in [9.17, 15) is 14.0 Å². The summed E-state index contributed by atoms with van der Waals surface area (Å²) in [5.41, 5.74) is 1.36. The van der Waals surface area contributed by atoms with Gasteiger partial charge < -0.3 is 9.88 Å². The number of H-pyrrole nitrogens is 1. The van der Waals surface area contributed by atoms with Gasteiger partial charge in [-0.25, -0.2) is 4.39 Å². The van der Waals surface area contributed by atoms with E-state index in [1.165, 1.54) is 17.7 Å². The van der Waals surface area contributed by atoms with Crippen LogP contribution in [0.5, 0.6) is 0 Å². The molecular weight excluding hydrogens is 343 g/mol. The van der Waals surface area contributed by atoms with E-state index >= 15 is 0 Å². The highest BCUT2D eigenvalue weighted by atomic mass is 19.1. The number of benzene rings is 2. The Morgan fingerprint density at radius 2 is 1.96 bits per heavy atom. The van der Waals surface area contributed by atoms with Crippen LogP contribution < -0.4 is 5.56 Å². The normalized spacial score (nSPS) is 19.6. The van der Waals surface area contributed by atoms with Crippen molar-refractivity contribution >= 4 is 16.8 Å². The number of amides is 1. The molecule has 0 saturated carbocycles. The van der Waals surface area contributed by atoms with Gasteiger partial charge in [0.15, 0.2) is 0 Å². The maximum atomic E-state index is 14.4. The molecule has 1 fully saturated rings. The van der Waals surface area contributed by atoms with Gasteiger partial charge in [0.05, 0.1) is 5.52 Å². The summed E-state index contributed by atoms with van der Waals surface area (Å²) in [4.78, 5) is 28.7. The standard InChI is InChI=1S/C22H21FN2O2/c1-14-16(11-15-5-3-2-4-6-15)9-10-25(14)22(27)18-12-17-7-8-20(26)24-21(17)19(23)13-18/h2-8,12-14,16H,9-11H2,1H3,(H,24,26). The van der Waals surface area contributed by atoms with Crippen LogP contribution in [0.4, 0.5) is 4.39 Å². The minimum atomic E-state index is -0.582. The maximum Gasteiger partial charge on any atom is 0.254 e. The average molecular weight is 364 g/mol. The molecule has 3 aromatic rings. The van der Waals surface area contributed by atoms with E-state index in [0.717, 1.165) is 12.8 Å². The van der Waals surface area contributed by atoms with E-state index in [4.69, 9.17) is 0 Å². The second kappa shape index (κ2) is 6.99. The lowest BCUT2D eigenvalue weighted by molar-refractivity contribution is 0.0732. The fourth-order valence-electron chi connectivity index (χ4n) is 3.99. The number of hydrogen-bond acceptors (Lipinski definition) is 2. The van der Waals surface area contributed by atoms with Gasteiger partial charge in [-0.1, -0.05) is 30.3 Å². The lowest BCUT2D eigenvalue weighted by atomic mass is 9.93. The van der Waals surface area contributed by atoms with Gasteiger partial charge in [0.1, 0.15) is 5.82 Å². The van der Waals surface area contributed by atoms with E-state index in [2.05, 4.69) is 24.0 Å². The largest absolute Gasteiger partial charge is 0.336 e. The Morgan fingerprint density at radius 3 is 2.74 bits per heavy atom. The summed E-state index contributed by atoms with van der Waals surface area (Å²) < 4.78 is 14.4. The van der Waals surface area contributed by atoms with Crippen molar-refractivity contribution in [1.82, 2.24) is 9.88 Å². The van der Waals surface area contributed by atoms with Crippen molar-refractivity contribution in [2.75, 3.05) is 6.54 Å². The van der Waals surface area contributed by atoms with Gasteiger partial charge in [-0.2, -0.15) is 0 Å². The van der Waals surface area contributed by atoms with Crippen LogP contribution >= 0.6 is 0 Å². The summed E-state index contributed by atoms with van der Waals surface area (Å²) >= 11 is 0. The molecule has 1 amide bonds. The number of nitrogens with zero attached hydrogens (tertiary/aromatic N) is 1. The summed E-state index contributed by atoms with van der Waals surface area (Å²) in [6, 6.07) is 16.1. The molecule has 0 bridgehead atoms. The number of pyridine rings is 1. The maximum absolute atomic E-state index is 14.4. The van der Waals surface area contributed by atoms with Crippen molar-refractivity contribution < 1.29 is 9.18 Å². The van der Waals surface area contributed by atoms with Crippen LogP contribution in [0.1, 0.15) is 29.3 Å². The fourth-order valence-corrected chi connectivity index (χ4v) is 3.99. The molecule has 4 rings (SSSR count). The first-order valence-corrected chi connectivity index (χ1v) is 9.20. The highest BCUT2D eigenvalue weighted by molar-refractivity contribution is 5.98. The Kier molecular flexibility index (Phi) is 4.52. The van der Waals surface area contributed by atoms with E-state index in [-0.39, 0.29) is 23.0 Å². The predicted molar refractivity (Wildman–Crippen MR) is 103 cm³/mol. The van der Waals surface area contributed by atoms with Crippen molar-refractivity contribution in [2.45, 2.75) is 25.8 Å². The van der Waals surface area contributed by atoms with Crippen molar-refractivity contribution in [2.24, 2.45) is 5.92 Å². The Morgan fingerprint density at radius 1 is 1.19 bits per heavy atom. The van der Waals surface area contributed by atoms with Gasteiger partial charge in [0.2, 0.25) is 5.56 Å². The van der Waals surface area contributed by atoms with Gasteiger partial charge in [0.25, 0.3) is 5.91 Å². The SMILES string of the molecule is CC1C(Cc2ccccc2)CCN1C(=O)c1cc(F)c2[nH]c(=O)ccc2c1. The van der Waals surface area contributed by atoms with Crippen LogP contribution in [0.25, 0.3) is 10.9 Å². The molecule has 0 radical (unpaired) electrons. The van der Waals surface area contributed by atoms with E-state index < -0.39 is 5.82 Å². The molecule has 5 heteroatoms. The second-order valence-corrected chi connectivity index (χ2v) is 7.22. The van der Waals surface area contributed by atoms with Crippen molar-refractivity contribution in [1.29, 1.82) is 0 Å². The molecule has 138 valence electrons. The number of likely N-dealkylation sites (tertiary alicyclic amines) is 1. The number of carbonyl (C=O) groups is 1. The first-order chi connectivity index (χ1) is 13.0.